The Hall–Kier alpha value is -2.04. The molecule has 0 aliphatic carbocycles. The molecule has 5 heteroatoms. The van der Waals surface area contributed by atoms with Crippen molar-refractivity contribution in [3.63, 3.8) is 0 Å². The van der Waals surface area contributed by atoms with Crippen LogP contribution in [0.1, 0.15) is 34.1 Å². The number of hydrogen-bond acceptors (Lipinski definition) is 3. The molecule has 1 fully saturated rings. The average molecular weight is 306 g/mol. The monoisotopic (exact) mass is 306 g/mol. The Morgan fingerprint density at radius 2 is 2.05 bits per heavy atom. The number of rotatable bonds is 4. The van der Waals surface area contributed by atoms with Crippen molar-refractivity contribution in [2.75, 3.05) is 13.1 Å². The van der Waals surface area contributed by atoms with Gasteiger partial charge in [-0.05, 0) is 40.2 Å². The summed E-state index contributed by atoms with van der Waals surface area (Å²) in [6, 6.07) is -0.0611. The number of hydrogen-bond donors (Lipinski definition) is 1. The summed E-state index contributed by atoms with van der Waals surface area (Å²) < 4.78 is 5.33. The molecule has 1 aliphatic heterocycles. The van der Waals surface area contributed by atoms with Crippen LogP contribution in [0, 0.1) is 0 Å². The predicted octanol–water partition coefficient (Wildman–Crippen LogP) is 2.80. The van der Waals surface area contributed by atoms with Gasteiger partial charge in [0, 0.05) is 24.7 Å². The first kappa shape index (κ1) is 18.0. The van der Waals surface area contributed by atoms with Gasteiger partial charge in [-0.3, -0.25) is 4.79 Å². The Labute approximate surface area is 132 Å². The van der Waals surface area contributed by atoms with Crippen LogP contribution in [0.15, 0.2) is 36.5 Å². The van der Waals surface area contributed by atoms with Crippen LogP contribution < -0.4 is 5.32 Å². The van der Waals surface area contributed by atoms with Gasteiger partial charge in [-0.25, -0.2) is 4.79 Å². The van der Waals surface area contributed by atoms with E-state index in [0.717, 1.165) is 6.42 Å². The van der Waals surface area contributed by atoms with Crippen molar-refractivity contribution in [2.45, 2.75) is 45.8 Å². The van der Waals surface area contributed by atoms with E-state index in [4.69, 9.17) is 4.74 Å². The molecule has 1 unspecified atom stereocenters. The molecule has 0 spiro atoms. The zero-order valence-corrected chi connectivity index (χ0v) is 13.9. The minimum Gasteiger partial charge on any atom is -0.444 e. The molecule has 122 valence electrons. The average Bonchev–Trinajstić information content (AvgIpc) is 2.86. The number of carbonyl (C=O) groups is 2. The third-order valence-electron chi connectivity index (χ3n) is 3.13. The van der Waals surface area contributed by atoms with Crippen molar-refractivity contribution in [2.24, 2.45) is 0 Å². The normalized spacial score (nSPS) is 19.4. The molecule has 2 amide bonds. The van der Waals surface area contributed by atoms with Crippen LogP contribution in [0.4, 0.5) is 4.79 Å². The van der Waals surface area contributed by atoms with Gasteiger partial charge in [-0.15, -0.1) is 0 Å². The Morgan fingerprint density at radius 3 is 2.59 bits per heavy atom. The molecule has 1 saturated heterocycles. The van der Waals surface area contributed by atoms with Crippen LogP contribution in [0.3, 0.4) is 0 Å². The quantitative estimate of drug-likeness (QED) is 0.642. The second kappa shape index (κ2) is 7.82. The Morgan fingerprint density at radius 1 is 1.36 bits per heavy atom. The number of nitrogens with one attached hydrogen (secondary N) is 1. The van der Waals surface area contributed by atoms with Gasteiger partial charge >= 0.3 is 6.09 Å². The fourth-order valence-electron chi connectivity index (χ4n) is 2.08. The summed E-state index contributed by atoms with van der Waals surface area (Å²) in [5, 5.41) is 2.92. The SMILES string of the molecule is C=C/C(=C\C=C/C)C(=O)NC1CCN(C(=O)OC(C)(C)C)C1. The summed E-state index contributed by atoms with van der Waals surface area (Å²) in [5.41, 5.74) is -0.00210. The van der Waals surface area contributed by atoms with Gasteiger partial charge in [0.05, 0.1) is 0 Å². The smallest absolute Gasteiger partial charge is 0.410 e. The highest BCUT2D eigenvalue weighted by Gasteiger charge is 2.30. The van der Waals surface area contributed by atoms with E-state index in [-0.39, 0.29) is 18.0 Å². The molecule has 0 aromatic heterocycles. The Balaban J connectivity index is 2.55. The lowest BCUT2D eigenvalue weighted by Crippen LogP contribution is -2.40. The van der Waals surface area contributed by atoms with Crippen LogP contribution >= 0.6 is 0 Å². The number of carbonyl (C=O) groups excluding carboxylic acids is 2. The lowest BCUT2D eigenvalue weighted by Gasteiger charge is -2.24. The number of ether oxygens (including phenoxy) is 1. The van der Waals surface area contributed by atoms with Crippen LogP contribution in [0.5, 0.6) is 0 Å². The Kier molecular flexibility index (Phi) is 6.40. The molecule has 0 aromatic carbocycles. The van der Waals surface area contributed by atoms with E-state index in [1.54, 1.807) is 17.1 Å². The van der Waals surface area contributed by atoms with Crippen molar-refractivity contribution in [1.82, 2.24) is 10.2 Å². The summed E-state index contributed by atoms with van der Waals surface area (Å²) >= 11 is 0. The van der Waals surface area contributed by atoms with Crippen molar-refractivity contribution >= 4 is 12.0 Å². The highest BCUT2D eigenvalue weighted by molar-refractivity contribution is 5.96. The summed E-state index contributed by atoms with van der Waals surface area (Å²) in [7, 11) is 0. The minimum atomic E-state index is -0.510. The molecular weight excluding hydrogens is 280 g/mol. The summed E-state index contributed by atoms with van der Waals surface area (Å²) in [6.07, 6.45) is 7.25. The molecule has 1 N–H and O–H groups in total. The van der Waals surface area contributed by atoms with Crippen molar-refractivity contribution in [3.05, 3.63) is 36.5 Å². The van der Waals surface area contributed by atoms with E-state index < -0.39 is 5.60 Å². The van der Waals surface area contributed by atoms with Gasteiger partial charge in [0.1, 0.15) is 5.60 Å². The van der Waals surface area contributed by atoms with E-state index in [1.165, 1.54) is 6.08 Å². The zero-order chi connectivity index (χ0) is 16.8. The number of amides is 2. The van der Waals surface area contributed by atoms with E-state index in [9.17, 15) is 9.59 Å². The van der Waals surface area contributed by atoms with Crippen molar-refractivity contribution in [3.8, 4) is 0 Å². The summed E-state index contributed by atoms with van der Waals surface area (Å²) in [4.78, 5) is 25.7. The van der Waals surface area contributed by atoms with Gasteiger partial charge in [-0.1, -0.05) is 24.8 Å². The number of nitrogens with zero attached hydrogens (tertiary/aromatic N) is 1. The predicted molar refractivity (Wildman–Crippen MR) is 87.4 cm³/mol. The second-order valence-corrected chi connectivity index (χ2v) is 6.24. The lowest BCUT2D eigenvalue weighted by atomic mass is 10.2. The zero-order valence-electron chi connectivity index (χ0n) is 13.9. The van der Waals surface area contributed by atoms with Crippen LogP contribution in [-0.2, 0) is 9.53 Å². The largest absolute Gasteiger partial charge is 0.444 e. The van der Waals surface area contributed by atoms with E-state index >= 15 is 0 Å². The molecule has 1 rings (SSSR count). The fraction of sp³-hybridized carbons (Fsp3) is 0.529. The maximum absolute atomic E-state index is 12.1. The highest BCUT2D eigenvalue weighted by atomic mass is 16.6. The molecule has 22 heavy (non-hydrogen) atoms. The topological polar surface area (TPSA) is 58.6 Å². The first-order valence-corrected chi connectivity index (χ1v) is 7.51. The molecule has 1 aliphatic rings. The minimum absolute atomic E-state index is 0.0611. The molecular formula is C17H26N2O3. The van der Waals surface area contributed by atoms with Crippen molar-refractivity contribution < 1.29 is 14.3 Å². The maximum atomic E-state index is 12.1. The first-order valence-electron chi connectivity index (χ1n) is 7.51. The number of likely N-dealkylation sites (tertiary alicyclic amines) is 1. The Bertz CT molecular complexity index is 487. The van der Waals surface area contributed by atoms with Crippen LogP contribution in [0.2, 0.25) is 0 Å². The second-order valence-electron chi connectivity index (χ2n) is 6.24. The summed E-state index contributed by atoms with van der Waals surface area (Å²) in [6.45, 7) is 12.1. The van der Waals surface area contributed by atoms with Gasteiger partial charge in [-0.2, -0.15) is 0 Å². The molecule has 1 heterocycles. The van der Waals surface area contributed by atoms with Crippen molar-refractivity contribution in [1.29, 1.82) is 0 Å². The van der Waals surface area contributed by atoms with E-state index in [0.29, 0.717) is 18.7 Å². The maximum Gasteiger partial charge on any atom is 0.410 e. The molecule has 0 radical (unpaired) electrons. The van der Waals surface area contributed by atoms with Gasteiger partial charge in [0.2, 0.25) is 0 Å². The van der Waals surface area contributed by atoms with Gasteiger partial charge in [0.15, 0.2) is 0 Å². The molecule has 0 saturated carbocycles. The fourth-order valence-corrected chi connectivity index (χ4v) is 2.08. The highest BCUT2D eigenvalue weighted by Crippen LogP contribution is 2.15. The van der Waals surface area contributed by atoms with E-state index in [1.807, 2.05) is 33.8 Å². The molecule has 0 aromatic rings. The lowest BCUT2D eigenvalue weighted by molar-refractivity contribution is -0.117. The van der Waals surface area contributed by atoms with Crippen LogP contribution in [0.25, 0.3) is 0 Å². The molecule has 0 bridgehead atoms. The third-order valence-corrected chi connectivity index (χ3v) is 3.13. The third kappa shape index (κ3) is 5.76. The van der Waals surface area contributed by atoms with E-state index in [2.05, 4.69) is 11.9 Å². The van der Waals surface area contributed by atoms with Gasteiger partial charge < -0.3 is 15.0 Å². The molecule has 1 atom stereocenters. The van der Waals surface area contributed by atoms with Crippen LogP contribution in [-0.4, -0.2) is 41.6 Å². The molecule has 5 nitrogen and oxygen atoms in total. The number of allylic oxidation sites excluding steroid dienone is 3. The van der Waals surface area contributed by atoms with Gasteiger partial charge in [0.25, 0.3) is 5.91 Å². The standard InChI is InChI=1S/C17H26N2O3/c1-6-8-9-13(7-2)15(20)18-14-10-11-19(12-14)16(21)22-17(3,4)5/h6-9,14H,2,10-12H2,1,3-5H3,(H,18,20)/b8-6-,13-9+. The first-order chi connectivity index (χ1) is 10.3. The summed E-state index contributed by atoms with van der Waals surface area (Å²) in [5.74, 6) is -0.177.